The Bertz CT molecular complexity index is 1570. The summed E-state index contributed by atoms with van der Waals surface area (Å²) in [6, 6.07) is 2.48. The number of alkyl halides is 6. The Hall–Kier alpha value is -4.08. The highest BCUT2D eigenvalue weighted by molar-refractivity contribution is 6.09. The van der Waals surface area contributed by atoms with Gasteiger partial charge in [0.1, 0.15) is 12.3 Å². The van der Waals surface area contributed by atoms with Crippen molar-refractivity contribution in [3.8, 4) is 5.75 Å². The molecule has 4 amide bonds. The molecule has 2 unspecified atom stereocenters. The van der Waals surface area contributed by atoms with Crippen LogP contribution in [-0.2, 0) is 33.6 Å². The first-order valence-electron chi connectivity index (χ1n) is 15.1. The first-order chi connectivity index (χ1) is 21.8. The number of hydrogen-bond acceptors (Lipinski definition) is 7. The fraction of sp³-hybridized carbons (Fsp3) is 0.548. The Balaban J connectivity index is 1.33. The highest BCUT2D eigenvalue weighted by atomic mass is 19.4. The monoisotopic (exact) mass is 671 g/mol. The van der Waals surface area contributed by atoms with Crippen LogP contribution in [0.1, 0.15) is 56.5 Å². The second kappa shape index (κ2) is 11.9. The largest absolute Gasteiger partial charge is 0.491 e. The quantitative estimate of drug-likeness (QED) is 0.336. The van der Waals surface area contributed by atoms with E-state index in [0.29, 0.717) is 42.6 Å². The number of carbonyl (C=O) groups excluding carboxylic acids is 3. The highest BCUT2D eigenvalue weighted by Gasteiger charge is 2.71. The minimum atomic E-state index is -6.01. The van der Waals surface area contributed by atoms with Crippen LogP contribution in [0.2, 0.25) is 0 Å². The summed E-state index contributed by atoms with van der Waals surface area (Å²) in [7, 11) is 0. The van der Waals surface area contributed by atoms with E-state index in [0.717, 1.165) is 22.6 Å². The molecule has 2 saturated heterocycles. The molecular formula is C31H35F6N5O5. The van der Waals surface area contributed by atoms with E-state index in [2.05, 4.69) is 10.3 Å². The van der Waals surface area contributed by atoms with E-state index in [9.17, 15) is 45.8 Å². The lowest BCUT2D eigenvalue weighted by atomic mass is 9.89. The van der Waals surface area contributed by atoms with Gasteiger partial charge in [-0.1, -0.05) is 25.5 Å². The highest BCUT2D eigenvalue weighted by Crippen LogP contribution is 2.50. The van der Waals surface area contributed by atoms with Gasteiger partial charge in [0.15, 0.2) is 5.54 Å². The number of aromatic nitrogens is 1. The molecule has 47 heavy (non-hydrogen) atoms. The molecule has 0 aliphatic carbocycles. The van der Waals surface area contributed by atoms with E-state index < -0.39 is 65.5 Å². The predicted molar refractivity (Wildman–Crippen MR) is 155 cm³/mol. The molecule has 10 nitrogen and oxygen atoms in total. The average molecular weight is 672 g/mol. The summed E-state index contributed by atoms with van der Waals surface area (Å²) < 4.78 is 87.0. The van der Waals surface area contributed by atoms with Crippen LogP contribution in [0.5, 0.6) is 5.75 Å². The zero-order valence-electron chi connectivity index (χ0n) is 26.1. The van der Waals surface area contributed by atoms with Crippen LogP contribution in [0.4, 0.5) is 36.8 Å². The van der Waals surface area contributed by atoms with Crippen molar-refractivity contribution in [3.63, 3.8) is 0 Å². The lowest BCUT2D eigenvalue weighted by Gasteiger charge is -2.46. The van der Waals surface area contributed by atoms with Crippen LogP contribution in [0.25, 0.3) is 0 Å². The molecule has 3 aliphatic rings. The molecule has 2 fully saturated rings. The van der Waals surface area contributed by atoms with Gasteiger partial charge in [-0.2, -0.15) is 26.3 Å². The number of benzene rings is 1. The van der Waals surface area contributed by atoms with Crippen molar-refractivity contribution in [2.45, 2.75) is 82.5 Å². The van der Waals surface area contributed by atoms with E-state index in [1.54, 1.807) is 31.7 Å². The third-order valence-electron chi connectivity index (χ3n) is 9.11. The molecule has 0 bridgehead atoms. The number of urea groups is 1. The summed E-state index contributed by atoms with van der Waals surface area (Å²) in [6.45, 7) is 6.86. The molecular weight excluding hydrogens is 636 g/mol. The molecule has 256 valence electrons. The van der Waals surface area contributed by atoms with Gasteiger partial charge in [-0.25, -0.2) is 4.79 Å². The molecule has 5 rings (SSSR count). The van der Waals surface area contributed by atoms with Crippen molar-refractivity contribution in [1.29, 1.82) is 0 Å². The molecule has 3 atom stereocenters. The van der Waals surface area contributed by atoms with Crippen molar-refractivity contribution in [2.75, 3.05) is 31.1 Å². The number of halogens is 6. The summed E-state index contributed by atoms with van der Waals surface area (Å²) in [4.78, 5) is 48.4. The van der Waals surface area contributed by atoms with Crippen molar-refractivity contribution < 1.29 is 50.6 Å². The Morgan fingerprint density at radius 1 is 1.09 bits per heavy atom. The van der Waals surface area contributed by atoms with Crippen molar-refractivity contribution in [3.05, 3.63) is 52.8 Å². The molecule has 0 saturated carbocycles. The van der Waals surface area contributed by atoms with E-state index in [4.69, 9.17) is 4.74 Å². The SMILES string of the molecule is CCCc1cc(C(O)(C(F)(F)F)C(F)(F)F)ccc1N1CC(C)N(C(=O)CN2C(=O)N[C@](C)(c3cc4c(cn3)OCC4)C2=O)CC1C. The number of amides is 4. The smallest absolute Gasteiger partial charge is 0.430 e. The summed E-state index contributed by atoms with van der Waals surface area (Å²) >= 11 is 0. The number of imide groups is 1. The van der Waals surface area contributed by atoms with Gasteiger partial charge < -0.3 is 25.0 Å². The zero-order valence-corrected chi connectivity index (χ0v) is 26.1. The van der Waals surface area contributed by atoms with Crippen molar-refractivity contribution >= 4 is 23.5 Å². The number of pyridine rings is 1. The van der Waals surface area contributed by atoms with Crippen LogP contribution >= 0.6 is 0 Å². The van der Waals surface area contributed by atoms with E-state index in [-0.39, 0.29) is 25.1 Å². The Morgan fingerprint density at radius 3 is 2.40 bits per heavy atom. The minimum absolute atomic E-state index is 0.0929. The predicted octanol–water partition coefficient (Wildman–Crippen LogP) is 4.17. The van der Waals surface area contributed by atoms with Gasteiger partial charge in [0.05, 0.1) is 18.5 Å². The third kappa shape index (κ3) is 5.74. The number of piperazine rings is 1. The van der Waals surface area contributed by atoms with Crippen molar-refractivity contribution in [1.82, 2.24) is 20.1 Å². The van der Waals surface area contributed by atoms with Gasteiger partial charge in [0.2, 0.25) is 5.91 Å². The van der Waals surface area contributed by atoms with Crippen LogP contribution in [0, 0.1) is 0 Å². The number of aliphatic hydroxyl groups is 1. The van der Waals surface area contributed by atoms with Crippen LogP contribution in [0.15, 0.2) is 30.5 Å². The molecule has 1 aromatic carbocycles. The maximum absolute atomic E-state index is 13.6. The molecule has 4 heterocycles. The van der Waals surface area contributed by atoms with Crippen LogP contribution in [-0.4, -0.2) is 88.4 Å². The molecule has 2 N–H and O–H groups in total. The van der Waals surface area contributed by atoms with E-state index in [1.165, 1.54) is 18.0 Å². The molecule has 1 aromatic heterocycles. The molecule has 3 aliphatic heterocycles. The number of fused-ring (bicyclic) bond motifs is 1. The van der Waals surface area contributed by atoms with E-state index in [1.807, 2.05) is 0 Å². The standard InChI is InChI=1S/C31H35F6N5O5/c1-5-6-19-11-21(29(46,30(32,33)34)31(35,36)37)7-8-22(19)40-14-18(3)41(15-17(40)2)25(43)16-42-26(44)28(4,39-27(42)45)24-12-20-9-10-47-23(20)13-38-24/h7-8,11-13,17-18,46H,5-6,9-10,14-16H2,1-4H3,(H,39,45)/t17?,18?,28-/m1/s1. The summed E-state index contributed by atoms with van der Waals surface area (Å²) in [5.41, 5.74) is -6.16. The van der Waals surface area contributed by atoms with Crippen LogP contribution < -0.4 is 15.0 Å². The summed E-state index contributed by atoms with van der Waals surface area (Å²) in [5.74, 6) is -0.564. The number of ether oxygens (including phenoxy) is 1. The normalized spacial score (nSPS) is 23.6. The lowest BCUT2D eigenvalue weighted by molar-refractivity contribution is -0.376. The van der Waals surface area contributed by atoms with E-state index >= 15 is 0 Å². The summed E-state index contributed by atoms with van der Waals surface area (Å²) in [6.07, 6.45) is -9.38. The van der Waals surface area contributed by atoms with Crippen LogP contribution in [0.3, 0.4) is 0 Å². The zero-order chi connectivity index (χ0) is 34.7. The molecule has 0 spiro atoms. The number of carbonyl (C=O) groups is 3. The average Bonchev–Trinajstić information content (AvgIpc) is 3.55. The lowest BCUT2D eigenvalue weighted by Crippen LogP contribution is -2.60. The van der Waals surface area contributed by atoms with Gasteiger partial charge in [-0.05, 0) is 44.9 Å². The number of hydrogen-bond donors (Lipinski definition) is 2. The molecule has 16 heteroatoms. The first-order valence-corrected chi connectivity index (χ1v) is 15.1. The second-order valence-electron chi connectivity index (χ2n) is 12.4. The number of anilines is 1. The number of aryl methyl sites for hydroxylation is 1. The van der Waals surface area contributed by atoms with Gasteiger partial charge in [-0.3, -0.25) is 19.5 Å². The Labute approximate surface area is 266 Å². The number of nitrogens with zero attached hydrogens (tertiary/aromatic N) is 4. The third-order valence-corrected chi connectivity index (χ3v) is 9.11. The molecule has 2 aromatic rings. The van der Waals surface area contributed by atoms with Gasteiger partial charge in [-0.15, -0.1) is 0 Å². The van der Waals surface area contributed by atoms with Gasteiger partial charge in [0, 0.05) is 48.4 Å². The molecule has 0 radical (unpaired) electrons. The maximum Gasteiger partial charge on any atom is 0.430 e. The summed E-state index contributed by atoms with van der Waals surface area (Å²) in [5, 5.41) is 12.6. The number of rotatable bonds is 7. The minimum Gasteiger partial charge on any atom is -0.491 e. The van der Waals surface area contributed by atoms with Gasteiger partial charge >= 0.3 is 18.4 Å². The van der Waals surface area contributed by atoms with Gasteiger partial charge in [0.25, 0.3) is 11.5 Å². The Kier molecular flexibility index (Phi) is 8.65. The topological polar surface area (TPSA) is 115 Å². The fourth-order valence-corrected chi connectivity index (χ4v) is 6.45. The first kappa shape index (κ1) is 34.3. The maximum atomic E-state index is 13.6. The Morgan fingerprint density at radius 2 is 1.77 bits per heavy atom. The number of nitrogens with one attached hydrogen (secondary N) is 1. The fourth-order valence-electron chi connectivity index (χ4n) is 6.45. The second-order valence-corrected chi connectivity index (χ2v) is 12.4. The van der Waals surface area contributed by atoms with Crippen molar-refractivity contribution in [2.24, 2.45) is 0 Å².